The van der Waals surface area contributed by atoms with Gasteiger partial charge in [-0.1, -0.05) is 106 Å². The second-order valence-corrected chi connectivity index (χ2v) is 11.6. The molecule has 1 N–H and O–H groups in total. The van der Waals surface area contributed by atoms with Gasteiger partial charge in [0.1, 0.15) is 6.61 Å². The fourth-order valence-electron chi connectivity index (χ4n) is 3.45. The highest BCUT2D eigenvalue weighted by Crippen LogP contribution is 2.07. The molecule has 0 bridgehead atoms. The molecule has 0 saturated carbocycles. The molecule has 0 aromatic carbocycles. The van der Waals surface area contributed by atoms with Gasteiger partial charge in [0.25, 0.3) is 0 Å². The molecule has 0 aliphatic heterocycles. The van der Waals surface area contributed by atoms with Crippen molar-refractivity contribution in [2.24, 2.45) is 23.7 Å². The van der Waals surface area contributed by atoms with Crippen LogP contribution in [0.4, 0.5) is 0 Å². The van der Waals surface area contributed by atoms with Gasteiger partial charge in [-0.2, -0.15) is 0 Å². The van der Waals surface area contributed by atoms with E-state index in [-0.39, 0.29) is 24.5 Å². The Bertz CT molecular complexity index is 1030. The van der Waals surface area contributed by atoms with Crippen LogP contribution in [0.25, 0.3) is 0 Å². The lowest BCUT2D eigenvalue weighted by molar-refractivity contribution is -0.142. The number of carbonyl (C=O) groups is 3. The van der Waals surface area contributed by atoms with Crippen LogP contribution in [0, 0.1) is 23.7 Å². The zero-order valence-electron chi connectivity index (χ0n) is 31.9. The molecule has 0 fully saturated rings. The number of carbonyl (C=O) groups excluding carboxylic acids is 3. The lowest BCUT2D eigenvalue weighted by Crippen LogP contribution is -2.08. The highest BCUT2D eigenvalue weighted by atomic mass is 16.5. The van der Waals surface area contributed by atoms with E-state index in [2.05, 4.69) is 70.1 Å². The van der Waals surface area contributed by atoms with Gasteiger partial charge in [0.2, 0.25) is 0 Å². The van der Waals surface area contributed by atoms with Gasteiger partial charge in [-0.3, -0.25) is 9.59 Å². The van der Waals surface area contributed by atoms with Gasteiger partial charge in [-0.25, -0.2) is 4.79 Å². The van der Waals surface area contributed by atoms with Crippen molar-refractivity contribution in [3.8, 4) is 0 Å². The average molecular weight is 685 g/mol. The third-order valence-corrected chi connectivity index (χ3v) is 6.13. The van der Waals surface area contributed by atoms with Gasteiger partial charge in [-0.05, 0) is 69.1 Å². The molecule has 0 aliphatic carbocycles. The zero-order valence-corrected chi connectivity index (χ0v) is 31.9. The van der Waals surface area contributed by atoms with Crippen LogP contribution in [-0.4, -0.2) is 49.9 Å². The first kappa shape index (κ1) is 51.9. The van der Waals surface area contributed by atoms with Crippen molar-refractivity contribution in [2.75, 3.05) is 26.9 Å². The Hall–Kier alpha value is -3.97. The summed E-state index contributed by atoms with van der Waals surface area (Å²) >= 11 is 0. The van der Waals surface area contributed by atoms with Crippen LogP contribution in [-0.2, 0) is 28.6 Å². The molecular formula is C42H68O7. The molecule has 0 aromatic rings. The molecule has 0 rings (SSSR count). The Morgan fingerprint density at radius 2 is 1.16 bits per heavy atom. The van der Waals surface area contributed by atoms with Crippen LogP contribution in [0.2, 0.25) is 0 Å². The number of rotatable bonds is 21. The highest BCUT2D eigenvalue weighted by molar-refractivity contribution is 5.82. The summed E-state index contributed by atoms with van der Waals surface area (Å²) in [5, 5.41) is 8.37. The van der Waals surface area contributed by atoms with Crippen LogP contribution < -0.4 is 0 Å². The Morgan fingerprint density at radius 1 is 0.673 bits per heavy atom. The predicted octanol–water partition coefficient (Wildman–Crippen LogP) is 10.0. The van der Waals surface area contributed by atoms with E-state index in [0.29, 0.717) is 36.9 Å². The smallest absolute Gasteiger partial charge is 0.330 e. The largest absolute Gasteiger partial charge is 0.466 e. The molecule has 7 heteroatoms. The van der Waals surface area contributed by atoms with E-state index >= 15 is 0 Å². The summed E-state index contributed by atoms with van der Waals surface area (Å²) in [6, 6.07) is 0. The molecule has 49 heavy (non-hydrogen) atoms. The quantitative estimate of drug-likeness (QED) is 0.0422. The summed E-state index contributed by atoms with van der Waals surface area (Å²) in [7, 11) is 1.39. The van der Waals surface area contributed by atoms with E-state index < -0.39 is 0 Å². The Kier molecular flexibility index (Phi) is 42.5. The van der Waals surface area contributed by atoms with Crippen LogP contribution >= 0.6 is 0 Å². The number of hydrogen-bond acceptors (Lipinski definition) is 7. The molecule has 7 nitrogen and oxygen atoms in total. The van der Waals surface area contributed by atoms with E-state index in [1.807, 2.05) is 62.5 Å². The van der Waals surface area contributed by atoms with E-state index in [1.165, 1.54) is 27.0 Å². The first-order valence-corrected chi connectivity index (χ1v) is 17.0. The monoisotopic (exact) mass is 684 g/mol. The molecule has 0 aliphatic rings. The summed E-state index contributed by atoms with van der Waals surface area (Å²) in [6.07, 6.45) is 30.7. The van der Waals surface area contributed by atoms with Crippen LogP contribution in [0.15, 0.2) is 111 Å². The van der Waals surface area contributed by atoms with Crippen molar-refractivity contribution in [2.45, 2.75) is 87.0 Å². The molecule has 4 atom stereocenters. The van der Waals surface area contributed by atoms with E-state index in [0.717, 1.165) is 44.1 Å². The molecule has 0 radical (unpaired) electrons. The van der Waals surface area contributed by atoms with Crippen molar-refractivity contribution in [3.63, 3.8) is 0 Å². The number of ether oxygens (including phenoxy) is 3. The average Bonchev–Trinajstić information content (AvgIpc) is 3.04. The van der Waals surface area contributed by atoms with Crippen LogP contribution in [0.3, 0.4) is 0 Å². The summed E-state index contributed by atoms with van der Waals surface area (Å²) in [4.78, 5) is 31.6. The summed E-state index contributed by atoms with van der Waals surface area (Å²) < 4.78 is 14.1. The first-order valence-electron chi connectivity index (χ1n) is 17.0. The summed E-state index contributed by atoms with van der Waals surface area (Å²) in [5.41, 5.74) is 1.04. The number of allylic oxidation sites excluding steroid dienone is 11. The van der Waals surface area contributed by atoms with Gasteiger partial charge in [0.15, 0.2) is 0 Å². The molecule has 278 valence electrons. The molecule has 0 spiro atoms. The van der Waals surface area contributed by atoms with E-state index in [9.17, 15) is 14.4 Å². The van der Waals surface area contributed by atoms with Crippen molar-refractivity contribution >= 4 is 17.9 Å². The molecule has 0 amide bonds. The molecule has 0 saturated heterocycles. The number of methoxy groups -OCH3 is 1. The van der Waals surface area contributed by atoms with Gasteiger partial charge in [0, 0.05) is 19.9 Å². The van der Waals surface area contributed by atoms with E-state index in [1.54, 1.807) is 6.08 Å². The molecule has 0 aromatic heterocycles. The predicted molar refractivity (Wildman–Crippen MR) is 208 cm³/mol. The number of esters is 3. The fourth-order valence-corrected chi connectivity index (χ4v) is 3.45. The maximum absolute atomic E-state index is 11.0. The number of aliphatic hydroxyl groups is 1. The third-order valence-electron chi connectivity index (χ3n) is 6.13. The number of hydrogen-bond donors (Lipinski definition) is 1. The summed E-state index contributed by atoms with van der Waals surface area (Å²) in [5.74, 6) is 1.17. The highest BCUT2D eigenvalue weighted by Gasteiger charge is 2.00. The van der Waals surface area contributed by atoms with Crippen molar-refractivity contribution < 1.29 is 33.7 Å². The maximum Gasteiger partial charge on any atom is 0.330 e. The Morgan fingerprint density at radius 3 is 1.61 bits per heavy atom. The Labute approximate surface area is 299 Å². The fraction of sp³-hybridized carbons (Fsp3) is 0.500. The molecule has 0 unspecified atom stereocenters. The normalized spacial score (nSPS) is 13.4. The van der Waals surface area contributed by atoms with Crippen molar-refractivity contribution in [1.29, 1.82) is 0 Å². The molecular weight excluding hydrogens is 616 g/mol. The van der Waals surface area contributed by atoms with Gasteiger partial charge < -0.3 is 19.3 Å². The van der Waals surface area contributed by atoms with Gasteiger partial charge in [0.05, 0.1) is 20.3 Å². The zero-order chi connectivity index (χ0) is 38.3. The minimum atomic E-state index is -0.283. The van der Waals surface area contributed by atoms with Gasteiger partial charge in [-0.15, -0.1) is 26.3 Å². The molecule has 0 heterocycles. The third kappa shape index (κ3) is 51.1. The van der Waals surface area contributed by atoms with Crippen LogP contribution in [0.5, 0.6) is 0 Å². The minimum absolute atomic E-state index is 0.140. The summed E-state index contributed by atoms with van der Waals surface area (Å²) in [6.45, 7) is 28.7. The first-order chi connectivity index (χ1) is 23.2. The number of aliphatic hydroxyl groups excluding tert-OH is 1. The standard InChI is InChI=1S/C16H24O2.C10H16O2.C8H14O2.C8H14O/c1-5-10-14(2)11-8-6-7-9-12-15(3)13-16(17)18-4;1-4-6-9(2)7-5-8-12-10(3)11;1-4-5-7(2)6-10-8(3)9;1-3-5-8(2)6-4-7-9/h5-8,11,13-14H,1,9-10,12H2,2-4H3;4-5,7,9H,1,6,8H2,2-3H3;4,7H,1,5-6H2,2-3H3;3-4,6,8-9H,1,5,7H2,2H3/b7-6+,11-8-,15-13-;7-5-;;6-4-/t14-;9-;7-;8-/m0000/s1. The minimum Gasteiger partial charge on any atom is -0.466 e. The van der Waals surface area contributed by atoms with Crippen molar-refractivity contribution in [1.82, 2.24) is 0 Å². The maximum atomic E-state index is 11.0. The lowest BCUT2D eigenvalue weighted by atomic mass is 10.1. The second kappa shape index (κ2) is 40.2. The van der Waals surface area contributed by atoms with E-state index in [4.69, 9.17) is 14.6 Å². The van der Waals surface area contributed by atoms with Gasteiger partial charge >= 0.3 is 17.9 Å². The van der Waals surface area contributed by atoms with Crippen molar-refractivity contribution in [3.05, 3.63) is 111 Å². The Balaban J connectivity index is -0.000000287. The second-order valence-electron chi connectivity index (χ2n) is 11.6. The topological polar surface area (TPSA) is 99.1 Å². The lowest BCUT2D eigenvalue weighted by Gasteiger charge is -2.07. The van der Waals surface area contributed by atoms with Crippen LogP contribution in [0.1, 0.15) is 87.0 Å². The SMILES string of the molecule is C=CC[C@H](C)/C=C\C=C\CC/C(C)=C\C(=O)OC.C=CC[C@H](C)/C=C\CO.C=CC[C@H](C)/C=C\COC(C)=O.C=CC[C@H](C)COC(C)=O.